The number of thiazole rings is 1. The Labute approximate surface area is 195 Å². The second kappa shape index (κ2) is 8.42. The second-order valence-electron chi connectivity index (χ2n) is 6.94. The zero-order chi connectivity index (χ0) is 22.2. The molecule has 11 heteroatoms. The first-order valence-corrected chi connectivity index (χ1v) is 11.1. The minimum atomic E-state index is -0.277. The Kier molecular flexibility index (Phi) is 5.46. The van der Waals surface area contributed by atoms with Crippen LogP contribution in [0.1, 0.15) is 17.8 Å². The first-order chi connectivity index (χ1) is 15.5. The summed E-state index contributed by atoms with van der Waals surface area (Å²) >= 11 is 13.3. The molecule has 4 aromatic rings. The predicted octanol–water partition coefficient (Wildman–Crippen LogP) is 3.31. The van der Waals surface area contributed by atoms with Crippen LogP contribution in [0.3, 0.4) is 0 Å². The molecule has 0 saturated heterocycles. The molecule has 0 aliphatic carbocycles. The van der Waals surface area contributed by atoms with E-state index in [0.717, 1.165) is 5.56 Å². The minimum absolute atomic E-state index is 0.0974. The highest BCUT2D eigenvalue weighted by Crippen LogP contribution is 2.32. The fourth-order valence-electron chi connectivity index (χ4n) is 3.26. The van der Waals surface area contributed by atoms with Crippen LogP contribution < -0.4 is 24.9 Å². The van der Waals surface area contributed by atoms with Crippen LogP contribution in [0.5, 0.6) is 11.5 Å². The van der Waals surface area contributed by atoms with E-state index in [4.69, 9.17) is 32.7 Å². The second-order valence-corrected chi connectivity index (χ2v) is 8.79. The summed E-state index contributed by atoms with van der Waals surface area (Å²) in [5, 5.41) is 11.7. The van der Waals surface area contributed by atoms with Crippen molar-refractivity contribution in [2.45, 2.75) is 12.8 Å². The Morgan fingerprint density at radius 3 is 2.88 bits per heavy atom. The fraction of sp³-hybridized carbons (Fsp3) is 0.143. The number of benzene rings is 2. The van der Waals surface area contributed by atoms with Gasteiger partial charge in [0.05, 0.1) is 15.2 Å². The molecular weight excluding hydrogens is 475 g/mol. The van der Waals surface area contributed by atoms with E-state index in [2.05, 4.69) is 15.5 Å². The molecule has 2 aromatic carbocycles. The molecule has 1 aliphatic heterocycles. The van der Waals surface area contributed by atoms with Crippen molar-refractivity contribution in [3.8, 4) is 11.5 Å². The lowest BCUT2D eigenvalue weighted by Crippen LogP contribution is -2.24. The Hall–Kier alpha value is -3.14. The van der Waals surface area contributed by atoms with Crippen LogP contribution in [0.2, 0.25) is 10.0 Å². The Morgan fingerprint density at radius 1 is 1.16 bits per heavy atom. The van der Waals surface area contributed by atoms with Crippen LogP contribution >= 0.6 is 34.5 Å². The van der Waals surface area contributed by atoms with Crippen molar-refractivity contribution >= 4 is 57.2 Å². The lowest BCUT2D eigenvalue weighted by Gasteiger charge is -2.07. The van der Waals surface area contributed by atoms with Crippen molar-refractivity contribution in [1.82, 2.24) is 14.6 Å². The van der Waals surface area contributed by atoms with Crippen LogP contribution in [0.25, 0.3) is 11.0 Å². The smallest absolute Gasteiger partial charge is 0.275 e. The highest BCUT2D eigenvalue weighted by molar-refractivity contribution is 7.15. The number of ether oxygens (including phenoxy) is 2. The summed E-state index contributed by atoms with van der Waals surface area (Å²) in [6.07, 6.45) is 2.10. The number of anilines is 1. The molecule has 1 aliphatic rings. The van der Waals surface area contributed by atoms with Crippen LogP contribution in [0.4, 0.5) is 5.69 Å². The van der Waals surface area contributed by atoms with Gasteiger partial charge in [0.25, 0.3) is 5.56 Å². The number of halogens is 2. The zero-order valence-corrected chi connectivity index (χ0v) is 18.6. The minimum Gasteiger partial charge on any atom is -0.454 e. The molecule has 0 unspecified atom stereocenters. The number of fused-ring (bicyclic) bond motifs is 2. The van der Waals surface area contributed by atoms with Crippen molar-refractivity contribution in [2.75, 3.05) is 12.1 Å². The van der Waals surface area contributed by atoms with Gasteiger partial charge in [-0.15, -0.1) is 10.2 Å². The molecule has 162 valence electrons. The van der Waals surface area contributed by atoms with Crippen molar-refractivity contribution in [3.05, 3.63) is 72.7 Å². The summed E-state index contributed by atoms with van der Waals surface area (Å²) in [4.78, 5) is 25.8. The van der Waals surface area contributed by atoms with E-state index in [0.29, 0.717) is 42.5 Å². The quantitative estimate of drug-likeness (QED) is 0.463. The number of carbonyl (C=O) groups excluding carboxylic acids is 1. The van der Waals surface area contributed by atoms with Gasteiger partial charge in [0, 0.05) is 17.9 Å². The molecule has 3 heterocycles. The van der Waals surface area contributed by atoms with Gasteiger partial charge >= 0.3 is 0 Å². The molecule has 8 nitrogen and oxygen atoms in total. The van der Waals surface area contributed by atoms with E-state index in [1.54, 1.807) is 30.3 Å². The summed E-state index contributed by atoms with van der Waals surface area (Å²) < 4.78 is 12.6. The molecule has 0 saturated carbocycles. The highest BCUT2D eigenvalue weighted by Gasteiger charge is 2.16. The third kappa shape index (κ3) is 4.02. The summed E-state index contributed by atoms with van der Waals surface area (Å²) in [7, 11) is 0. The van der Waals surface area contributed by atoms with Gasteiger partial charge in [0.2, 0.25) is 17.7 Å². The number of amides is 1. The number of nitrogens with one attached hydrogen (secondary N) is 1. The SMILES string of the molecule is O=C(CCc1nnc2s/c(=C\c3ccc4c(c3)OCO4)c(=O)n12)Nc1cc(Cl)ccc1Cl. The number of rotatable bonds is 5. The van der Waals surface area contributed by atoms with Gasteiger partial charge in [-0.2, -0.15) is 0 Å². The average molecular weight is 489 g/mol. The van der Waals surface area contributed by atoms with Gasteiger partial charge in [-0.25, -0.2) is 4.40 Å². The van der Waals surface area contributed by atoms with Crippen molar-refractivity contribution in [2.24, 2.45) is 0 Å². The van der Waals surface area contributed by atoms with E-state index in [-0.39, 0.29) is 31.1 Å². The van der Waals surface area contributed by atoms with Crippen molar-refractivity contribution in [3.63, 3.8) is 0 Å². The van der Waals surface area contributed by atoms with Gasteiger partial charge in [0.1, 0.15) is 5.82 Å². The standard InChI is InChI=1S/C21H14Cl2N4O4S/c22-12-2-3-13(23)14(9-12)24-19(28)6-5-18-25-26-21-27(18)20(29)17(32-21)8-11-1-4-15-16(7-11)31-10-30-15/h1-4,7-9H,5-6,10H2,(H,24,28)/b17-8-. The van der Waals surface area contributed by atoms with Crippen LogP contribution in [0.15, 0.2) is 41.2 Å². The van der Waals surface area contributed by atoms with Crippen molar-refractivity contribution < 1.29 is 14.3 Å². The monoisotopic (exact) mass is 488 g/mol. The number of carbonyl (C=O) groups is 1. The first-order valence-electron chi connectivity index (χ1n) is 9.51. The predicted molar refractivity (Wildman–Crippen MR) is 122 cm³/mol. The van der Waals surface area contributed by atoms with Gasteiger partial charge in [0.15, 0.2) is 11.5 Å². The third-order valence-corrected chi connectivity index (χ3v) is 6.31. The molecular formula is C21H14Cl2N4O4S. The van der Waals surface area contributed by atoms with E-state index in [9.17, 15) is 9.59 Å². The third-order valence-electron chi connectivity index (χ3n) is 4.79. The number of hydrogen-bond acceptors (Lipinski definition) is 7. The largest absolute Gasteiger partial charge is 0.454 e. The molecule has 1 amide bonds. The summed E-state index contributed by atoms with van der Waals surface area (Å²) in [5.74, 6) is 1.45. The number of aryl methyl sites for hydroxylation is 1. The summed E-state index contributed by atoms with van der Waals surface area (Å²) in [6.45, 7) is 0.185. The van der Waals surface area contributed by atoms with E-state index in [1.807, 2.05) is 12.1 Å². The van der Waals surface area contributed by atoms with Gasteiger partial charge < -0.3 is 14.8 Å². The summed E-state index contributed by atoms with van der Waals surface area (Å²) in [5.41, 5.74) is 1.00. The maximum absolute atomic E-state index is 12.9. The number of hydrogen-bond donors (Lipinski definition) is 1. The topological polar surface area (TPSA) is 94.8 Å². The summed E-state index contributed by atoms with van der Waals surface area (Å²) in [6, 6.07) is 10.3. The van der Waals surface area contributed by atoms with E-state index < -0.39 is 0 Å². The van der Waals surface area contributed by atoms with Crippen LogP contribution in [-0.4, -0.2) is 27.3 Å². The first kappa shape index (κ1) is 20.7. The molecule has 32 heavy (non-hydrogen) atoms. The molecule has 1 N–H and O–H groups in total. The molecule has 0 spiro atoms. The number of nitrogens with zero attached hydrogens (tertiary/aromatic N) is 3. The van der Waals surface area contributed by atoms with Gasteiger partial charge in [-0.1, -0.05) is 40.6 Å². The maximum atomic E-state index is 12.9. The van der Waals surface area contributed by atoms with Crippen LogP contribution in [0, 0.1) is 0 Å². The molecule has 0 radical (unpaired) electrons. The molecule has 0 fully saturated rings. The Balaban J connectivity index is 1.36. The highest BCUT2D eigenvalue weighted by atomic mass is 35.5. The normalized spacial score (nSPS) is 13.1. The molecule has 2 aromatic heterocycles. The zero-order valence-electron chi connectivity index (χ0n) is 16.3. The molecule has 0 atom stereocenters. The van der Waals surface area contributed by atoms with Gasteiger partial charge in [-0.05, 0) is 42.0 Å². The average Bonchev–Trinajstić information content (AvgIpc) is 3.47. The molecule has 5 rings (SSSR count). The lowest BCUT2D eigenvalue weighted by molar-refractivity contribution is -0.116. The Morgan fingerprint density at radius 2 is 2.00 bits per heavy atom. The Bertz CT molecular complexity index is 1470. The molecule has 0 bridgehead atoms. The van der Waals surface area contributed by atoms with E-state index >= 15 is 0 Å². The van der Waals surface area contributed by atoms with E-state index in [1.165, 1.54) is 15.7 Å². The fourth-order valence-corrected chi connectivity index (χ4v) is 4.53. The number of aromatic nitrogens is 3. The van der Waals surface area contributed by atoms with Gasteiger partial charge in [-0.3, -0.25) is 9.59 Å². The van der Waals surface area contributed by atoms with Crippen LogP contribution in [-0.2, 0) is 11.2 Å². The lowest BCUT2D eigenvalue weighted by atomic mass is 10.2. The maximum Gasteiger partial charge on any atom is 0.275 e. The van der Waals surface area contributed by atoms with Crippen molar-refractivity contribution in [1.29, 1.82) is 0 Å².